The zero-order valence-corrected chi connectivity index (χ0v) is 13.7. The minimum Gasteiger partial charge on any atom is -0.501 e. The van der Waals surface area contributed by atoms with Crippen LogP contribution in [0.25, 0.3) is 10.8 Å². The molecule has 1 aromatic carbocycles. The Morgan fingerprint density at radius 2 is 2.17 bits per heavy atom. The highest BCUT2D eigenvalue weighted by atomic mass is 32.1. The maximum absolute atomic E-state index is 12.1. The summed E-state index contributed by atoms with van der Waals surface area (Å²) in [4.78, 5) is 25.0. The number of fused-ring (bicyclic) bond motifs is 1. The number of thiophene rings is 1. The van der Waals surface area contributed by atoms with Crippen molar-refractivity contribution in [1.82, 2.24) is 0 Å². The topological polar surface area (TPSA) is 88.8 Å². The lowest BCUT2D eigenvalue weighted by Gasteiger charge is -2.08. The molecule has 1 amide bonds. The second kappa shape index (κ2) is 6.76. The molecular weight excluding hydrogens is 330 g/mol. The van der Waals surface area contributed by atoms with E-state index >= 15 is 0 Å². The minimum absolute atomic E-state index is 0.171. The standard InChI is InChI=1S/C17H15NO5S/c1-2-22-17-15(20)12-6-5-10(8-13(12)16(21)23-17)18-14(19)9-11-4-3-7-24-11/h3-8,20H,2,9H2,1H3,(H,18,19). The monoisotopic (exact) mass is 345 g/mol. The van der Waals surface area contributed by atoms with Crippen molar-refractivity contribution < 1.29 is 19.1 Å². The van der Waals surface area contributed by atoms with Crippen molar-refractivity contribution in [1.29, 1.82) is 0 Å². The van der Waals surface area contributed by atoms with Gasteiger partial charge < -0.3 is 19.6 Å². The van der Waals surface area contributed by atoms with Crippen LogP contribution >= 0.6 is 11.3 Å². The third-order valence-electron chi connectivity index (χ3n) is 3.35. The number of carbonyl (C=O) groups is 1. The van der Waals surface area contributed by atoms with E-state index in [2.05, 4.69) is 5.32 Å². The van der Waals surface area contributed by atoms with Gasteiger partial charge >= 0.3 is 11.6 Å². The van der Waals surface area contributed by atoms with Crippen LogP contribution in [-0.4, -0.2) is 17.6 Å². The van der Waals surface area contributed by atoms with Gasteiger partial charge in [-0.25, -0.2) is 4.79 Å². The molecule has 24 heavy (non-hydrogen) atoms. The molecule has 0 spiro atoms. The summed E-state index contributed by atoms with van der Waals surface area (Å²) in [6.07, 6.45) is 0.263. The summed E-state index contributed by atoms with van der Waals surface area (Å²) >= 11 is 1.50. The number of hydrogen-bond donors (Lipinski definition) is 2. The normalized spacial score (nSPS) is 10.7. The van der Waals surface area contributed by atoms with E-state index in [0.717, 1.165) is 4.88 Å². The molecule has 2 heterocycles. The Labute approximate surface area is 141 Å². The van der Waals surface area contributed by atoms with Crippen LogP contribution in [0, 0.1) is 0 Å². The molecule has 2 N–H and O–H groups in total. The van der Waals surface area contributed by atoms with Gasteiger partial charge in [-0.3, -0.25) is 4.79 Å². The molecular formula is C17H15NO5S. The van der Waals surface area contributed by atoms with Crippen molar-refractivity contribution >= 4 is 33.7 Å². The lowest BCUT2D eigenvalue weighted by atomic mass is 10.1. The third-order valence-corrected chi connectivity index (χ3v) is 4.22. The quantitative estimate of drug-likeness (QED) is 0.741. The summed E-state index contributed by atoms with van der Waals surface area (Å²) < 4.78 is 10.1. The molecule has 0 saturated carbocycles. The van der Waals surface area contributed by atoms with Gasteiger partial charge in [0.25, 0.3) is 0 Å². The van der Waals surface area contributed by atoms with Crippen LogP contribution in [0.3, 0.4) is 0 Å². The second-order valence-electron chi connectivity index (χ2n) is 5.02. The fraction of sp³-hybridized carbons (Fsp3) is 0.176. The molecule has 7 heteroatoms. The van der Waals surface area contributed by atoms with E-state index in [1.54, 1.807) is 19.1 Å². The number of aromatic hydroxyl groups is 1. The molecule has 0 fully saturated rings. The van der Waals surface area contributed by atoms with Crippen molar-refractivity contribution in [3.8, 4) is 11.7 Å². The molecule has 0 aliphatic heterocycles. The largest absolute Gasteiger partial charge is 0.501 e. The smallest absolute Gasteiger partial charge is 0.346 e. The summed E-state index contributed by atoms with van der Waals surface area (Å²) in [6.45, 7) is 1.98. The molecule has 0 atom stereocenters. The van der Waals surface area contributed by atoms with Crippen LogP contribution in [0.2, 0.25) is 0 Å². The Morgan fingerprint density at radius 1 is 1.33 bits per heavy atom. The van der Waals surface area contributed by atoms with Crippen molar-refractivity contribution in [3.63, 3.8) is 0 Å². The minimum atomic E-state index is -0.638. The number of rotatable bonds is 5. The Hall–Kier alpha value is -2.80. The third kappa shape index (κ3) is 3.26. The molecule has 2 aromatic heterocycles. The van der Waals surface area contributed by atoms with Crippen LogP contribution in [0.5, 0.6) is 11.7 Å². The lowest BCUT2D eigenvalue weighted by Crippen LogP contribution is -2.14. The molecule has 3 aromatic rings. The highest BCUT2D eigenvalue weighted by Gasteiger charge is 2.15. The van der Waals surface area contributed by atoms with Gasteiger partial charge in [0.2, 0.25) is 11.7 Å². The molecule has 0 radical (unpaired) electrons. The van der Waals surface area contributed by atoms with E-state index in [4.69, 9.17) is 9.15 Å². The maximum Gasteiger partial charge on any atom is 0.346 e. The summed E-state index contributed by atoms with van der Waals surface area (Å²) in [6, 6.07) is 8.40. The van der Waals surface area contributed by atoms with Crippen molar-refractivity contribution in [2.75, 3.05) is 11.9 Å². The average molecular weight is 345 g/mol. The summed E-state index contributed by atoms with van der Waals surface area (Å²) in [7, 11) is 0. The first-order valence-electron chi connectivity index (χ1n) is 7.33. The van der Waals surface area contributed by atoms with Crippen LogP contribution in [0.1, 0.15) is 11.8 Å². The zero-order valence-electron chi connectivity index (χ0n) is 12.9. The Balaban J connectivity index is 1.88. The van der Waals surface area contributed by atoms with Gasteiger partial charge in [-0.05, 0) is 36.6 Å². The first-order valence-corrected chi connectivity index (χ1v) is 8.21. The summed E-state index contributed by atoms with van der Waals surface area (Å²) in [5.41, 5.74) is -0.180. The maximum atomic E-state index is 12.1. The van der Waals surface area contributed by atoms with Crippen molar-refractivity contribution in [2.24, 2.45) is 0 Å². The highest BCUT2D eigenvalue weighted by molar-refractivity contribution is 7.10. The Morgan fingerprint density at radius 3 is 2.88 bits per heavy atom. The molecule has 0 bridgehead atoms. The predicted octanol–water partition coefficient (Wildman–Crippen LogP) is 3.14. The van der Waals surface area contributed by atoms with E-state index in [1.165, 1.54) is 17.4 Å². The fourth-order valence-corrected chi connectivity index (χ4v) is 3.00. The predicted molar refractivity (Wildman–Crippen MR) is 92.0 cm³/mol. The van der Waals surface area contributed by atoms with E-state index in [1.807, 2.05) is 17.5 Å². The number of anilines is 1. The Kier molecular flexibility index (Phi) is 4.52. The van der Waals surface area contributed by atoms with E-state index in [-0.39, 0.29) is 36.0 Å². The molecule has 0 saturated heterocycles. The van der Waals surface area contributed by atoms with Gasteiger partial charge in [0.15, 0.2) is 0 Å². The number of nitrogens with one attached hydrogen (secondary N) is 1. The molecule has 124 valence electrons. The molecule has 0 unspecified atom stereocenters. The molecule has 0 aliphatic rings. The Bertz CT molecular complexity index is 930. The average Bonchev–Trinajstić information content (AvgIpc) is 3.05. The van der Waals surface area contributed by atoms with E-state index < -0.39 is 5.63 Å². The SMILES string of the molecule is CCOc1oc(=O)c2cc(NC(=O)Cc3cccs3)ccc2c1O. The van der Waals surface area contributed by atoms with Gasteiger partial charge in [0, 0.05) is 16.0 Å². The summed E-state index contributed by atoms with van der Waals surface area (Å²) in [5, 5.41) is 15.2. The van der Waals surface area contributed by atoms with Gasteiger partial charge in [0.05, 0.1) is 18.4 Å². The van der Waals surface area contributed by atoms with E-state index in [9.17, 15) is 14.7 Å². The van der Waals surface area contributed by atoms with Crippen LogP contribution < -0.4 is 15.7 Å². The van der Waals surface area contributed by atoms with E-state index in [0.29, 0.717) is 11.1 Å². The number of hydrogen-bond acceptors (Lipinski definition) is 6. The number of benzene rings is 1. The number of carbonyl (C=O) groups excluding carboxylic acids is 1. The zero-order chi connectivity index (χ0) is 17.1. The fourth-order valence-electron chi connectivity index (χ4n) is 2.30. The molecule has 0 aliphatic carbocycles. The van der Waals surface area contributed by atoms with Gasteiger partial charge in [-0.15, -0.1) is 11.3 Å². The highest BCUT2D eigenvalue weighted by Crippen LogP contribution is 2.33. The van der Waals surface area contributed by atoms with Crippen LogP contribution in [0.15, 0.2) is 44.9 Å². The first-order chi connectivity index (χ1) is 11.6. The summed E-state index contributed by atoms with van der Waals surface area (Å²) in [5.74, 6) is -0.622. The molecule has 6 nitrogen and oxygen atoms in total. The number of ether oxygens (including phenoxy) is 1. The number of amides is 1. The second-order valence-corrected chi connectivity index (χ2v) is 6.06. The van der Waals surface area contributed by atoms with Gasteiger partial charge in [-0.1, -0.05) is 6.07 Å². The van der Waals surface area contributed by atoms with Gasteiger partial charge in [-0.2, -0.15) is 0 Å². The van der Waals surface area contributed by atoms with Crippen molar-refractivity contribution in [3.05, 3.63) is 51.0 Å². The first kappa shape index (κ1) is 16.1. The van der Waals surface area contributed by atoms with Crippen LogP contribution in [0.4, 0.5) is 5.69 Å². The van der Waals surface area contributed by atoms with Crippen molar-refractivity contribution in [2.45, 2.75) is 13.3 Å². The van der Waals surface area contributed by atoms with Gasteiger partial charge in [0.1, 0.15) is 0 Å². The lowest BCUT2D eigenvalue weighted by molar-refractivity contribution is -0.115. The molecule has 3 rings (SSSR count). The van der Waals surface area contributed by atoms with Crippen LogP contribution in [-0.2, 0) is 11.2 Å².